The van der Waals surface area contributed by atoms with Gasteiger partial charge in [-0.15, -0.1) is 0 Å². The van der Waals surface area contributed by atoms with Gasteiger partial charge >= 0.3 is 0 Å². The van der Waals surface area contributed by atoms with Crippen molar-refractivity contribution in [3.8, 4) is 17.6 Å². The molecule has 2 aliphatic rings. The molecule has 2 aromatic rings. The van der Waals surface area contributed by atoms with E-state index in [2.05, 4.69) is 21.3 Å². The number of ether oxygens (including phenoxy) is 2. The minimum absolute atomic E-state index is 0.125. The van der Waals surface area contributed by atoms with Crippen molar-refractivity contribution in [2.45, 2.75) is 65.0 Å². The fourth-order valence-corrected chi connectivity index (χ4v) is 4.57. The Labute approximate surface area is 183 Å². The Morgan fingerprint density at radius 2 is 1.94 bits per heavy atom. The maximum Gasteiger partial charge on any atom is 0.239 e. The van der Waals surface area contributed by atoms with Crippen LogP contribution in [-0.2, 0) is 10.3 Å². The van der Waals surface area contributed by atoms with E-state index in [9.17, 15) is 10.1 Å². The highest BCUT2D eigenvalue weighted by Crippen LogP contribution is 2.38. The van der Waals surface area contributed by atoms with Crippen molar-refractivity contribution in [2.75, 3.05) is 18.7 Å². The highest BCUT2D eigenvalue weighted by Gasteiger charge is 2.28. The van der Waals surface area contributed by atoms with E-state index in [1.165, 1.54) is 12.8 Å². The van der Waals surface area contributed by atoms with Gasteiger partial charge in [-0.25, -0.2) is 0 Å². The number of aromatic nitrogens is 1. The van der Waals surface area contributed by atoms with Crippen LogP contribution in [0.1, 0.15) is 68.0 Å². The average Bonchev–Trinajstić information content (AvgIpc) is 3.47. The summed E-state index contributed by atoms with van der Waals surface area (Å²) in [4.78, 5) is 12.9. The smallest absolute Gasteiger partial charge is 0.239 e. The maximum atomic E-state index is 12.9. The van der Waals surface area contributed by atoms with Gasteiger partial charge in [0, 0.05) is 17.3 Å². The fraction of sp³-hybridized carbons (Fsp3) is 0.500. The van der Waals surface area contributed by atoms with Crippen molar-refractivity contribution >= 4 is 11.7 Å². The normalized spacial score (nSPS) is 15.8. The lowest BCUT2D eigenvalue weighted by molar-refractivity contribution is -0.115. The van der Waals surface area contributed by atoms with Crippen molar-refractivity contribution in [2.24, 2.45) is 0 Å². The number of hydrogen-bond acceptors (Lipinski definition) is 5. The standard InChI is InChI=1S/C24H30N4O3/c1-15-16(2)28(18-7-5-6-8-18)23(19(15)12-25)27-22(29)13-26-24(3,4)17-9-10-20-21(11-17)31-14-30-20/h9-11,18,26H,5-8,13-14H2,1-4H3,(H,27,29). The Morgan fingerprint density at radius 3 is 2.65 bits per heavy atom. The Hall–Kier alpha value is -2.98. The molecule has 1 aromatic heterocycles. The number of nitrogens with one attached hydrogen (secondary N) is 2. The second-order valence-corrected chi connectivity index (χ2v) is 8.95. The number of hydrogen-bond donors (Lipinski definition) is 2. The van der Waals surface area contributed by atoms with Crippen LogP contribution in [0.15, 0.2) is 18.2 Å². The third kappa shape index (κ3) is 4.00. The zero-order valence-corrected chi connectivity index (χ0v) is 18.7. The zero-order valence-electron chi connectivity index (χ0n) is 18.7. The van der Waals surface area contributed by atoms with Gasteiger partial charge in [0.05, 0.1) is 12.1 Å². The van der Waals surface area contributed by atoms with Crippen LogP contribution in [0.3, 0.4) is 0 Å². The molecule has 0 unspecified atom stereocenters. The van der Waals surface area contributed by atoms with E-state index in [4.69, 9.17) is 9.47 Å². The summed E-state index contributed by atoms with van der Waals surface area (Å²) in [7, 11) is 0. The predicted molar refractivity (Wildman–Crippen MR) is 118 cm³/mol. The number of nitrogens with zero attached hydrogens (tertiary/aromatic N) is 2. The Bertz CT molecular complexity index is 1040. The van der Waals surface area contributed by atoms with E-state index in [0.29, 0.717) is 17.4 Å². The Morgan fingerprint density at radius 1 is 1.23 bits per heavy atom. The van der Waals surface area contributed by atoms with Crippen LogP contribution in [0.5, 0.6) is 11.5 Å². The molecule has 164 valence electrons. The van der Waals surface area contributed by atoms with Gasteiger partial charge in [-0.1, -0.05) is 18.9 Å². The van der Waals surface area contributed by atoms with Gasteiger partial charge in [0.1, 0.15) is 11.9 Å². The number of fused-ring (bicyclic) bond motifs is 1. The van der Waals surface area contributed by atoms with Crippen LogP contribution < -0.4 is 20.1 Å². The molecule has 0 saturated heterocycles. The lowest BCUT2D eigenvalue weighted by Crippen LogP contribution is -2.41. The number of amides is 1. The summed E-state index contributed by atoms with van der Waals surface area (Å²) in [5.41, 5.74) is 3.12. The van der Waals surface area contributed by atoms with Crippen LogP contribution in [0.25, 0.3) is 0 Å². The van der Waals surface area contributed by atoms with Crippen molar-refractivity contribution in [3.63, 3.8) is 0 Å². The van der Waals surface area contributed by atoms with Gasteiger partial charge in [-0.2, -0.15) is 5.26 Å². The summed E-state index contributed by atoms with van der Waals surface area (Å²) in [6.07, 6.45) is 4.53. The van der Waals surface area contributed by atoms with E-state index in [0.717, 1.165) is 41.2 Å². The van der Waals surface area contributed by atoms with E-state index in [1.54, 1.807) is 0 Å². The molecule has 0 spiro atoms. The molecule has 0 radical (unpaired) electrons. The summed E-state index contributed by atoms with van der Waals surface area (Å²) in [6, 6.07) is 8.45. The molecule has 31 heavy (non-hydrogen) atoms. The lowest BCUT2D eigenvalue weighted by Gasteiger charge is -2.27. The van der Waals surface area contributed by atoms with Gasteiger partial charge in [0.15, 0.2) is 11.5 Å². The highest BCUT2D eigenvalue weighted by molar-refractivity contribution is 5.93. The summed E-state index contributed by atoms with van der Waals surface area (Å²) < 4.78 is 13.0. The van der Waals surface area contributed by atoms with Crippen molar-refractivity contribution in [3.05, 3.63) is 40.6 Å². The minimum atomic E-state index is -0.449. The summed E-state index contributed by atoms with van der Waals surface area (Å²) >= 11 is 0. The van der Waals surface area contributed by atoms with Crippen molar-refractivity contribution in [1.82, 2.24) is 9.88 Å². The zero-order chi connectivity index (χ0) is 22.2. The average molecular weight is 423 g/mol. The number of carbonyl (C=O) groups excluding carboxylic acids is 1. The van der Waals surface area contributed by atoms with E-state index in [-0.39, 0.29) is 19.2 Å². The summed E-state index contributed by atoms with van der Waals surface area (Å²) in [5, 5.41) is 16.1. The first-order valence-corrected chi connectivity index (χ1v) is 10.9. The molecule has 2 N–H and O–H groups in total. The van der Waals surface area contributed by atoms with Crippen molar-refractivity contribution < 1.29 is 14.3 Å². The van der Waals surface area contributed by atoms with Crippen LogP contribution >= 0.6 is 0 Å². The third-order valence-electron chi connectivity index (χ3n) is 6.60. The molecular weight excluding hydrogens is 392 g/mol. The molecule has 4 rings (SSSR count). The Balaban J connectivity index is 1.49. The highest BCUT2D eigenvalue weighted by atomic mass is 16.7. The van der Waals surface area contributed by atoms with Gasteiger partial charge in [-0.05, 0) is 63.8 Å². The predicted octanol–water partition coefficient (Wildman–Crippen LogP) is 4.28. The van der Waals surface area contributed by atoms with Gasteiger partial charge in [-0.3, -0.25) is 10.1 Å². The third-order valence-corrected chi connectivity index (χ3v) is 6.60. The number of anilines is 1. The second-order valence-electron chi connectivity index (χ2n) is 8.95. The first-order valence-electron chi connectivity index (χ1n) is 10.9. The summed E-state index contributed by atoms with van der Waals surface area (Å²) in [5.74, 6) is 1.93. The Kier molecular flexibility index (Phi) is 5.67. The van der Waals surface area contributed by atoms with Crippen LogP contribution in [-0.4, -0.2) is 23.8 Å². The molecule has 1 aromatic carbocycles. The molecular formula is C24H30N4O3. The fourth-order valence-electron chi connectivity index (χ4n) is 4.57. The number of benzene rings is 1. The lowest BCUT2D eigenvalue weighted by atomic mass is 9.94. The molecule has 1 aliphatic heterocycles. The van der Waals surface area contributed by atoms with E-state index >= 15 is 0 Å². The van der Waals surface area contributed by atoms with Crippen LogP contribution in [0, 0.1) is 25.2 Å². The second kappa shape index (κ2) is 8.27. The van der Waals surface area contributed by atoms with Crippen molar-refractivity contribution in [1.29, 1.82) is 5.26 Å². The van der Waals surface area contributed by atoms with E-state index < -0.39 is 5.54 Å². The molecule has 0 atom stereocenters. The SMILES string of the molecule is Cc1c(C#N)c(NC(=O)CNC(C)(C)c2ccc3c(c2)OCO3)n(C2CCCC2)c1C. The first kappa shape index (κ1) is 21.3. The molecule has 2 heterocycles. The molecule has 1 amide bonds. The van der Waals surface area contributed by atoms with Crippen LogP contribution in [0.4, 0.5) is 5.82 Å². The molecule has 7 nitrogen and oxygen atoms in total. The van der Waals surface area contributed by atoms with Gasteiger partial charge in [0.2, 0.25) is 12.7 Å². The number of rotatable bonds is 6. The monoisotopic (exact) mass is 422 g/mol. The largest absolute Gasteiger partial charge is 0.454 e. The number of carbonyl (C=O) groups is 1. The molecule has 1 saturated carbocycles. The maximum absolute atomic E-state index is 12.9. The molecule has 1 aliphatic carbocycles. The summed E-state index contributed by atoms with van der Waals surface area (Å²) in [6.45, 7) is 8.39. The first-order chi connectivity index (χ1) is 14.8. The quantitative estimate of drug-likeness (QED) is 0.725. The minimum Gasteiger partial charge on any atom is -0.454 e. The topological polar surface area (TPSA) is 88.3 Å². The number of nitriles is 1. The van der Waals surface area contributed by atoms with Gasteiger partial charge in [0.25, 0.3) is 0 Å². The molecule has 1 fully saturated rings. The van der Waals surface area contributed by atoms with Crippen LogP contribution in [0.2, 0.25) is 0 Å². The van der Waals surface area contributed by atoms with Gasteiger partial charge < -0.3 is 19.4 Å². The van der Waals surface area contributed by atoms with E-state index in [1.807, 2.05) is 45.9 Å². The molecule has 7 heteroatoms. The molecule has 0 bridgehead atoms.